The number of nitrogens with zero attached hydrogens (tertiary/aromatic N) is 1. The maximum absolute atomic E-state index is 4.46. The Morgan fingerprint density at radius 2 is 1.93 bits per heavy atom. The highest BCUT2D eigenvalue weighted by atomic mass is 32.1. The van der Waals surface area contributed by atoms with Crippen LogP contribution in [0.25, 0.3) is 10.1 Å². The van der Waals surface area contributed by atoms with Gasteiger partial charge in [0.25, 0.3) is 0 Å². The van der Waals surface area contributed by atoms with Crippen molar-refractivity contribution in [1.29, 1.82) is 0 Å². The highest BCUT2D eigenvalue weighted by molar-refractivity contribution is 7.17. The quantitative estimate of drug-likeness (QED) is 0.630. The number of rotatable bonds is 0. The van der Waals surface area contributed by atoms with Gasteiger partial charge in [-0.2, -0.15) is 0 Å². The van der Waals surface area contributed by atoms with Crippen LogP contribution < -0.4 is 0 Å². The van der Waals surface area contributed by atoms with Crippen LogP contribution in [0.4, 0.5) is 0 Å². The first-order valence-electron chi connectivity index (χ1n) is 4.42. The third-order valence-corrected chi connectivity index (χ3v) is 2.97. The minimum Gasteiger partial charge on any atom is -0.260 e. The van der Waals surface area contributed by atoms with E-state index in [1.165, 1.54) is 15.8 Å². The maximum atomic E-state index is 4.46. The van der Waals surface area contributed by atoms with E-state index in [0.29, 0.717) is 0 Å². The van der Waals surface area contributed by atoms with Crippen molar-refractivity contribution >= 4 is 21.4 Å². The molecule has 76 valence electrons. The summed E-state index contributed by atoms with van der Waals surface area (Å²) >= 11 is 1.78. The summed E-state index contributed by atoms with van der Waals surface area (Å²) < 4.78 is 1.33. The number of hydrogen-bond donors (Lipinski definition) is 0. The van der Waals surface area contributed by atoms with Crippen molar-refractivity contribution in [2.24, 2.45) is 0 Å². The van der Waals surface area contributed by atoms with Crippen molar-refractivity contribution in [2.45, 2.75) is 33.6 Å². The fourth-order valence-electron chi connectivity index (χ4n) is 1.49. The molecule has 0 atom stereocenters. The number of pyridine rings is 1. The molecule has 2 aromatic heterocycles. The van der Waals surface area contributed by atoms with Gasteiger partial charge in [-0.3, -0.25) is 4.98 Å². The molecule has 0 N–H and O–H groups in total. The monoisotopic (exact) mass is 207 g/mol. The van der Waals surface area contributed by atoms with Crippen LogP contribution in [-0.2, 0) is 5.41 Å². The third-order valence-electron chi connectivity index (χ3n) is 2.09. The molecule has 0 saturated heterocycles. The van der Waals surface area contributed by atoms with Crippen LogP contribution >= 0.6 is 11.3 Å². The van der Waals surface area contributed by atoms with Gasteiger partial charge in [-0.05, 0) is 17.5 Å². The van der Waals surface area contributed by atoms with Gasteiger partial charge in [-0.25, -0.2) is 0 Å². The highest BCUT2D eigenvalue weighted by Crippen LogP contribution is 2.30. The summed E-state index contributed by atoms with van der Waals surface area (Å²) in [4.78, 5) is 4.46. The molecule has 2 heteroatoms. The van der Waals surface area contributed by atoms with E-state index in [1.54, 1.807) is 11.3 Å². The zero-order valence-electron chi connectivity index (χ0n) is 8.16. The lowest BCUT2D eigenvalue weighted by Gasteiger charge is -2.18. The van der Waals surface area contributed by atoms with Gasteiger partial charge in [0, 0.05) is 21.7 Å². The van der Waals surface area contributed by atoms with Crippen LogP contribution in [0, 0.1) is 0 Å². The summed E-state index contributed by atoms with van der Waals surface area (Å²) in [5.74, 6) is 0. The Labute approximate surface area is 89.8 Å². The molecule has 0 amide bonds. The first-order valence-corrected chi connectivity index (χ1v) is 5.30. The lowest BCUT2D eigenvalue weighted by molar-refractivity contribution is 0.575. The summed E-state index contributed by atoms with van der Waals surface area (Å²) in [6.07, 6.45) is 1.90. The van der Waals surface area contributed by atoms with Crippen LogP contribution in [0.1, 0.15) is 33.9 Å². The molecule has 0 bridgehead atoms. The summed E-state index contributed by atoms with van der Waals surface area (Å²) in [7, 11) is 0. The summed E-state index contributed by atoms with van der Waals surface area (Å²) in [5.41, 5.74) is 1.34. The number of fused-ring (bicyclic) bond motifs is 1. The molecule has 0 aliphatic heterocycles. The van der Waals surface area contributed by atoms with Crippen LogP contribution in [-0.4, -0.2) is 4.98 Å². The van der Waals surface area contributed by atoms with Gasteiger partial charge >= 0.3 is 0 Å². The first-order chi connectivity index (χ1) is 6.09. The topological polar surface area (TPSA) is 12.9 Å². The van der Waals surface area contributed by atoms with Gasteiger partial charge in [0.05, 0.1) is 5.69 Å². The first kappa shape index (κ1) is 11.2. The molecule has 2 aromatic rings. The van der Waals surface area contributed by atoms with Crippen LogP contribution in [0.2, 0.25) is 0 Å². The smallest absolute Gasteiger partial charge is 0.0543 e. The summed E-state index contributed by atoms with van der Waals surface area (Å²) in [6.45, 7) is 6.60. The predicted octanol–water partition coefficient (Wildman–Crippen LogP) is 4.23. The Kier molecular flexibility index (Phi) is 2.95. The summed E-state index contributed by atoms with van der Waals surface area (Å²) in [5, 5.41) is 3.43. The van der Waals surface area contributed by atoms with Gasteiger partial charge in [-0.15, -0.1) is 11.3 Å². The second kappa shape index (κ2) is 3.70. The van der Waals surface area contributed by atoms with Crippen LogP contribution in [0.3, 0.4) is 0 Å². The molecule has 0 spiro atoms. The van der Waals surface area contributed by atoms with Crippen molar-refractivity contribution in [3.63, 3.8) is 0 Å². The van der Waals surface area contributed by atoms with Crippen molar-refractivity contribution in [2.75, 3.05) is 0 Å². The lowest BCUT2D eigenvalue weighted by Crippen LogP contribution is -2.13. The fourth-order valence-corrected chi connectivity index (χ4v) is 2.27. The second-order valence-corrected chi connectivity index (χ2v) is 5.19. The zero-order valence-corrected chi connectivity index (χ0v) is 8.98. The minimum absolute atomic E-state index is 0. The Morgan fingerprint density at radius 3 is 2.57 bits per heavy atom. The van der Waals surface area contributed by atoms with Crippen molar-refractivity contribution in [1.82, 2.24) is 4.98 Å². The van der Waals surface area contributed by atoms with Crippen molar-refractivity contribution in [3.05, 3.63) is 29.4 Å². The standard InChI is InChI=1S/C11H13NS.CH4/c1-11(2,3)10-8-5-7-13-9(8)4-6-12-10;/h4-7H,1-3H3;1H4. The molecule has 14 heavy (non-hydrogen) atoms. The molecule has 1 nitrogen and oxygen atoms in total. The van der Waals surface area contributed by atoms with Gasteiger partial charge in [0.1, 0.15) is 0 Å². The molecule has 0 fully saturated rings. The third kappa shape index (κ3) is 1.80. The molecule has 0 aliphatic rings. The Bertz CT molecular complexity index is 423. The molecule has 0 saturated carbocycles. The SMILES string of the molecule is C.CC(C)(C)c1nccc2sccc12. The molecule has 0 radical (unpaired) electrons. The molecule has 0 unspecified atom stereocenters. The maximum Gasteiger partial charge on any atom is 0.0543 e. The predicted molar refractivity (Wildman–Crippen MR) is 65.1 cm³/mol. The van der Waals surface area contributed by atoms with Gasteiger partial charge < -0.3 is 0 Å². The fraction of sp³-hybridized carbons (Fsp3) is 0.417. The van der Waals surface area contributed by atoms with Crippen molar-refractivity contribution < 1.29 is 0 Å². The lowest BCUT2D eigenvalue weighted by atomic mass is 9.90. The molecular formula is C12H17NS. The average molecular weight is 207 g/mol. The highest BCUT2D eigenvalue weighted by Gasteiger charge is 2.18. The molecule has 2 rings (SSSR count). The minimum atomic E-state index is 0. The van der Waals surface area contributed by atoms with Crippen molar-refractivity contribution in [3.8, 4) is 0 Å². The molecule has 2 heterocycles. The van der Waals surface area contributed by atoms with E-state index < -0.39 is 0 Å². The largest absolute Gasteiger partial charge is 0.260 e. The van der Waals surface area contributed by atoms with E-state index in [-0.39, 0.29) is 12.8 Å². The van der Waals surface area contributed by atoms with Crippen LogP contribution in [0.5, 0.6) is 0 Å². The second-order valence-electron chi connectivity index (χ2n) is 4.24. The number of aromatic nitrogens is 1. The number of hydrogen-bond acceptors (Lipinski definition) is 2. The van der Waals surface area contributed by atoms with E-state index in [4.69, 9.17) is 0 Å². The molecule has 0 aliphatic carbocycles. The molecule has 0 aromatic carbocycles. The van der Waals surface area contributed by atoms with E-state index in [0.717, 1.165) is 0 Å². The van der Waals surface area contributed by atoms with E-state index in [9.17, 15) is 0 Å². The normalized spacial score (nSPS) is 11.4. The zero-order chi connectivity index (χ0) is 9.47. The van der Waals surface area contributed by atoms with Gasteiger partial charge in [0.15, 0.2) is 0 Å². The van der Waals surface area contributed by atoms with Gasteiger partial charge in [-0.1, -0.05) is 28.2 Å². The average Bonchev–Trinajstić information content (AvgIpc) is 2.48. The Hall–Kier alpha value is -0.890. The Balaban J connectivity index is 0.000000980. The van der Waals surface area contributed by atoms with E-state index in [1.807, 2.05) is 6.20 Å². The summed E-state index contributed by atoms with van der Waals surface area (Å²) in [6, 6.07) is 4.24. The van der Waals surface area contributed by atoms with E-state index in [2.05, 4.69) is 43.3 Å². The molecular weight excluding hydrogens is 190 g/mol. The van der Waals surface area contributed by atoms with Crippen LogP contribution in [0.15, 0.2) is 23.7 Å². The van der Waals surface area contributed by atoms with Gasteiger partial charge in [0.2, 0.25) is 0 Å². The Morgan fingerprint density at radius 1 is 1.21 bits per heavy atom. The van der Waals surface area contributed by atoms with E-state index >= 15 is 0 Å². The number of thiophene rings is 1.